The fourth-order valence-electron chi connectivity index (χ4n) is 3.53. The van der Waals surface area contributed by atoms with Crippen LogP contribution in [0.3, 0.4) is 0 Å². The normalized spacial score (nSPS) is 19.0. The van der Waals surface area contributed by atoms with Crippen molar-refractivity contribution < 1.29 is 22.7 Å². The number of rotatable bonds is 4. The topological polar surface area (TPSA) is 72.9 Å². The molecule has 1 fully saturated rings. The molecule has 1 atom stereocenters. The van der Waals surface area contributed by atoms with Crippen molar-refractivity contribution in [2.24, 2.45) is 0 Å². The molecule has 30 heavy (non-hydrogen) atoms. The van der Waals surface area contributed by atoms with Crippen molar-refractivity contribution in [1.29, 1.82) is 0 Å². The van der Waals surface area contributed by atoms with E-state index in [1.54, 1.807) is 59.5 Å². The van der Waals surface area contributed by atoms with Crippen LogP contribution < -0.4 is 0 Å². The predicted octanol–water partition coefficient (Wildman–Crippen LogP) is 4.43. The third-order valence-corrected chi connectivity index (χ3v) is 6.71. The van der Waals surface area contributed by atoms with Gasteiger partial charge in [0.15, 0.2) is 0 Å². The molecule has 1 aliphatic rings. The Morgan fingerprint density at radius 1 is 1.07 bits per heavy atom. The molecule has 0 aliphatic carbocycles. The molecule has 6 nitrogen and oxygen atoms in total. The SMILES string of the molecule is CC(C)(C)OC(=O)N1[C@@H](Cc2ccc(S(=O)(=O)c3ccccc3)cc2)COC1(C)C. The maximum absolute atomic E-state index is 12.8. The van der Waals surface area contributed by atoms with Crippen LogP contribution in [-0.4, -0.2) is 43.4 Å². The second-order valence-corrected chi connectivity index (χ2v) is 10.9. The van der Waals surface area contributed by atoms with E-state index in [-0.39, 0.29) is 15.8 Å². The maximum Gasteiger partial charge on any atom is 0.412 e. The summed E-state index contributed by atoms with van der Waals surface area (Å²) < 4.78 is 36.9. The third kappa shape index (κ3) is 4.84. The summed E-state index contributed by atoms with van der Waals surface area (Å²) in [6, 6.07) is 14.9. The first-order valence-corrected chi connectivity index (χ1v) is 11.4. The van der Waals surface area contributed by atoms with Gasteiger partial charge in [0.1, 0.15) is 11.3 Å². The highest BCUT2D eigenvalue weighted by molar-refractivity contribution is 7.91. The van der Waals surface area contributed by atoms with Gasteiger partial charge in [0.2, 0.25) is 9.84 Å². The molecular formula is C23H29NO5S. The number of carbonyl (C=O) groups excluding carboxylic acids is 1. The number of sulfone groups is 1. The van der Waals surface area contributed by atoms with Crippen molar-refractivity contribution >= 4 is 15.9 Å². The van der Waals surface area contributed by atoms with E-state index in [1.807, 2.05) is 34.6 Å². The lowest BCUT2D eigenvalue weighted by Gasteiger charge is -2.35. The van der Waals surface area contributed by atoms with Crippen LogP contribution in [0.1, 0.15) is 40.2 Å². The average molecular weight is 432 g/mol. The largest absolute Gasteiger partial charge is 0.444 e. The van der Waals surface area contributed by atoms with E-state index in [2.05, 4.69) is 0 Å². The molecule has 0 unspecified atom stereocenters. The van der Waals surface area contributed by atoms with E-state index in [4.69, 9.17) is 9.47 Å². The Kier molecular flexibility index (Phi) is 5.98. The van der Waals surface area contributed by atoms with Crippen LogP contribution in [0.4, 0.5) is 4.79 Å². The fourth-order valence-corrected chi connectivity index (χ4v) is 4.81. The number of ether oxygens (including phenoxy) is 2. The number of nitrogens with zero attached hydrogens (tertiary/aromatic N) is 1. The van der Waals surface area contributed by atoms with Crippen LogP contribution in [-0.2, 0) is 25.7 Å². The summed E-state index contributed by atoms with van der Waals surface area (Å²) in [6.07, 6.45) is 0.118. The van der Waals surface area contributed by atoms with Crippen molar-refractivity contribution in [2.75, 3.05) is 6.61 Å². The Morgan fingerprint density at radius 2 is 1.63 bits per heavy atom. The van der Waals surface area contributed by atoms with Gasteiger partial charge in [-0.3, -0.25) is 4.90 Å². The van der Waals surface area contributed by atoms with Gasteiger partial charge in [0, 0.05) is 0 Å². The number of hydrogen-bond acceptors (Lipinski definition) is 5. The fraction of sp³-hybridized carbons (Fsp3) is 0.435. The molecule has 3 rings (SSSR count). The monoisotopic (exact) mass is 431 g/mol. The molecule has 1 saturated heterocycles. The maximum atomic E-state index is 12.8. The minimum atomic E-state index is -3.56. The summed E-state index contributed by atoms with van der Waals surface area (Å²) in [5.41, 5.74) is -0.459. The van der Waals surface area contributed by atoms with Crippen molar-refractivity contribution in [3.8, 4) is 0 Å². The molecule has 0 radical (unpaired) electrons. The molecule has 2 aromatic rings. The number of amides is 1. The molecule has 1 heterocycles. The van der Waals surface area contributed by atoms with Crippen molar-refractivity contribution in [3.63, 3.8) is 0 Å². The van der Waals surface area contributed by atoms with E-state index in [0.717, 1.165) is 5.56 Å². The quantitative estimate of drug-likeness (QED) is 0.716. The Morgan fingerprint density at radius 3 is 2.20 bits per heavy atom. The number of hydrogen-bond donors (Lipinski definition) is 0. The van der Waals surface area contributed by atoms with Crippen LogP contribution in [0.2, 0.25) is 0 Å². The summed E-state index contributed by atoms with van der Waals surface area (Å²) in [7, 11) is -3.56. The average Bonchev–Trinajstić information content (AvgIpc) is 2.95. The molecule has 1 aliphatic heterocycles. The lowest BCUT2D eigenvalue weighted by Crippen LogP contribution is -2.50. The zero-order chi connectivity index (χ0) is 22.2. The first-order chi connectivity index (χ1) is 13.9. The lowest BCUT2D eigenvalue weighted by atomic mass is 10.1. The Bertz CT molecular complexity index is 992. The summed E-state index contributed by atoms with van der Waals surface area (Å²) >= 11 is 0. The standard InChI is InChI=1S/C23H29NO5S/c1-22(2,3)29-21(25)24-18(16-28-23(24,4)5)15-17-11-13-20(14-12-17)30(26,27)19-9-7-6-8-10-19/h6-14,18H,15-16H2,1-5H3/t18-/m0/s1. The van der Waals surface area contributed by atoms with Gasteiger partial charge >= 0.3 is 6.09 Å². The van der Waals surface area contributed by atoms with Gasteiger partial charge in [-0.25, -0.2) is 13.2 Å². The molecule has 162 valence electrons. The van der Waals surface area contributed by atoms with Gasteiger partial charge in [-0.15, -0.1) is 0 Å². The van der Waals surface area contributed by atoms with E-state index in [1.165, 1.54) is 0 Å². The minimum absolute atomic E-state index is 0.202. The third-order valence-electron chi connectivity index (χ3n) is 4.92. The van der Waals surface area contributed by atoms with Crippen LogP contribution in [0.25, 0.3) is 0 Å². The molecule has 1 amide bonds. The zero-order valence-electron chi connectivity index (χ0n) is 18.1. The molecule has 0 N–H and O–H groups in total. The molecule has 0 aromatic heterocycles. The van der Waals surface area contributed by atoms with Gasteiger partial charge in [-0.2, -0.15) is 0 Å². The first-order valence-electron chi connectivity index (χ1n) is 9.95. The van der Waals surface area contributed by atoms with Gasteiger partial charge in [-0.1, -0.05) is 30.3 Å². The summed E-state index contributed by atoms with van der Waals surface area (Å²) in [6.45, 7) is 9.55. The summed E-state index contributed by atoms with van der Waals surface area (Å²) in [5, 5.41) is 0. The lowest BCUT2D eigenvalue weighted by molar-refractivity contribution is -0.0624. The van der Waals surface area contributed by atoms with Crippen LogP contribution in [0, 0.1) is 0 Å². The molecule has 0 spiro atoms. The van der Waals surface area contributed by atoms with Crippen molar-refractivity contribution in [1.82, 2.24) is 4.90 Å². The molecule has 7 heteroatoms. The van der Waals surface area contributed by atoms with E-state index in [0.29, 0.717) is 13.0 Å². The van der Waals surface area contributed by atoms with Gasteiger partial charge in [0.05, 0.1) is 22.4 Å². The van der Waals surface area contributed by atoms with E-state index < -0.39 is 27.3 Å². The van der Waals surface area contributed by atoms with Crippen LogP contribution in [0.5, 0.6) is 0 Å². The Labute approximate surface area is 178 Å². The van der Waals surface area contributed by atoms with Gasteiger partial charge < -0.3 is 9.47 Å². The van der Waals surface area contributed by atoms with Crippen molar-refractivity contribution in [2.45, 2.75) is 68.2 Å². The number of carbonyl (C=O) groups is 1. The van der Waals surface area contributed by atoms with E-state index in [9.17, 15) is 13.2 Å². The van der Waals surface area contributed by atoms with Crippen LogP contribution in [0.15, 0.2) is 64.4 Å². The Balaban J connectivity index is 1.78. The Hall–Kier alpha value is -2.38. The smallest absolute Gasteiger partial charge is 0.412 e. The minimum Gasteiger partial charge on any atom is -0.444 e. The van der Waals surface area contributed by atoms with Gasteiger partial charge in [-0.05, 0) is 70.9 Å². The molecule has 0 bridgehead atoms. The molecule has 0 saturated carbocycles. The highest BCUT2D eigenvalue weighted by atomic mass is 32.2. The summed E-state index contributed by atoms with van der Waals surface area (Å²) in [5.74, 6) is 0. The molecule has 2 aromatic carbocycles. The second kappa shape index (κ2) is 8.04. The predicted molar refractivity (Wildman–Crippen MR) is 114 cm³/mol. The zero-order valence-corrected chi connectivity index (χ0v) is 18.9. The second-order valence-electron chi connectivity index (χ2n) is 8.93. The van der Waals surface area contributed by atoms with E-state index >= 15 is 0 Å². The van der Waals surface area contributed by atoms with Gasteiger partial charge in [0.25, 0.3) is 0 Å². The highest BCUT2D eigenvalue weighted by Crippen LogP contribution is 2.31. The van der Waals surface area contributed by atoms with Crippen molar-refractivity contribution in [3.05, 3.63) is 60.2 Å². The highest BCUT2D eigenvalue weighted by Gasteiger charge is 2.45. The van der Waals surface area contributed by atoms with Crippen LogP contribution >= 0.6 is 0 Å². The number of benzene rings is 2. The summed E-state index contributed by atoms with van der Waals surface area (Å²) in [4.78, 5) is 14.9. The first kappa shape index (κ1) is 22.3. The molecular weight excluding hydrogens is 402 g/mol.